The number of hydrogen-bond donors (Lipinski definition) is 0. The van der Waals surface area contributed by atoms with Gasteiger partial charge < -0.3 is 9.80 Å². The Hall–Kier alpha value is -1.62. The van der Waals surface area contributed by atoms with E-state index >= 15 is 0 Å². The molecule has 2 heterocycles. The topological polar surface area (TPSA) is 53.5 Å². The predicted molar refractivity (Wildman–Crippen MR) is 76.8 cm³/mol. The van der Waals surface area contributed by atoms with Gasteiger partial charge in [0.1, 0.15) is 5.15 Å². The zero-order valence-corrected chi connectivity index (χ0v) is 12.5. The maximum atomic E-state index is 12.3. The lowest BCUT2D eigenvalue weighted by Crippen LogP contribution is -2.39. The predicted octanol–water partition coefficient (Wildman–Crippen LogP) is 1.74. The summed E-state index contributed by atoms with van der Waals surface area (Å²) in [7, 11) is 1.62. The molecular formula is C14H18ClN3O2. The molecule has 1 aliphatic heterocycles. The Bertz CT molecular complexity index is 507. The highest BCUT2D eigenvalue weighted by Gasteiger charge is 2.22. The summed E-state index contributed by atoms with van der Waals surface area (Å²) in [6.07, 6.45) is 2.09. The lowest BCUT2D eigenvalue weighted by atomic mass is 10.2. The van der Waals surface area contributed by atoms with Gasteiger partial charge in [0.2, 0.25) is 5.91 Å². The maximum absolute atomic E-state index is 12.3. The van der Waals surface area contributed by atoms with E-state index in [1.807, 2.05) is 0 Å². The number of rotatable bonds is 3. The molecular weight excluding hydrogens is 278 g/mol. The van der Waals surface area contributed by atoms with Crippen molar-refractivity contribution in [3.63, 3.8) is 0 Å². The Labute approximate surface area is 123 Å². The number of amides is 2. The Morgan fingerprint density at radius 2 is 2.00 bits per heavy atom. The zero-order chi connectivity index (χ0) is 14.7. The van der Waals surface area contributed by atoms with Gasteiger partial charge in [-0.1, -0.05) is 11.6 Å². The van der Waals surface area contributed by atoms with Crippen molar-refractivity contribution in [2.24, 2.45) is 0 Å². The number of nitrogens with zero attached hydrogens (tertiary/aromatic N) is 3. The highest BCUT2D eigenvalue weighted by Crippen LogP contribution is 2.13. The van der Waals surface area contributed by atoms with E-state index in [1.165, 1.54) is 11.0 Å². The first kappa shape index (κ1) is 14.8. The van der Waals surface area contributed by atoms with E-state index in [2.05, 4.69) is 4.98 Å². The van der Waals surface area contributed by atoms with Crippen molar-refractivity contribution in [2.45, 2.75) is 19.8 Å². The number of likely N-dealkylation sites (N-methyl/N-ethyl adjacent to an activating group) is 1. The third-order valence-electron chi connectivity index (χ3n) is 3.35. The second kappa shape index (κ2) is 6.22. The van der Waals surface area contributed by atoms with Gasteiger partial charge in [-0.25, -0.2) is 4.98 Å². The van der Waals surface area contributed by atoms with Gasteiger partial charge in [-0.2, -0.15) is 0 Å². The molecule has 0 aliphatic carbocycles. The molecule has 0 unspecified atom stereocenters. The number of hydrogen-bond acceptors (Lipinski definition) is 3. The van der Waals surface area contributed by atoms with Crippen molar-refractivity contribution in [3.8, 4) is 0 Å². The largest absolute Gasteiger partial charge is 0.341 e. The average molecular weight is 296 g/mol. The summed E-state index contributed by atoms with van der Waals surface area (Å²) in [6.45, 7) is 3.46. The second-order valence-electron chi connectivity index (χ2n) is 5.07. The smallest absolute Gasteiger partial charge is 0.254 e. The summed E-state index contributed by atoms with van der Waals surface area (Å²) < 4.78 is 0. The molecule has 0 saturated carbocycles. The number of likely N-dealkylation sites (tertiary alicyclic amines) is 1. The quantitative estimate of drug-likeness (QED) is 0.798. The summed E-state index contributed by atoms with van der Waals surface area (Å²) in [6, 6.07) is 3.19. The van der Waals surface area contributed by atoms with E-state index in [-0.39, 0.29) is 23.5 Å². The number of aryl methyl sites for hydroxylation is 1. The first-order valence-electron chi connectivity index (χ1n) is 6.65. The summed E-state index contributed by atoms with van der Waals surface area (Å²) in [4.78, 5) is 31.5. The number of carbonyl (C=O) groups is 2. The van der Waals surface area contributed by atoms with E-state index in [0.29, 0.717) is 11.3 Å². The molecule has 0 atom stereocenters. The van der Waals surface area contributed by atoms with Crippen molar-refractivity contribution in [2.75, 3.05) is 26.7 Å². The van der Waals surface area contributed by atoms with Crippen LogP contribution in [0.15, 0.2) is 12.1 Å². The van der Waals surface area contributed by atoms with Crippen molar-refractivity contribution in [1.29, 1.82) is 0 Å². The number of halogens is 1. The molecule has 0 radical (unpaired) electrons. The number of carbonyl (C=O) groups excluding carboxylic acids is 2. The molecule has 0 aromatic carbocycles. The van der Waals surface area contributed by atoms with Gasteiger partial charge in [0.25, 0.3) is 5.91 Å². The molecule has 1 fully saturated rings. The van der Waals surface area contributed by atoms with E-state index in [0.717, 1.165) is 25.9 Å². The van der Waals surface area contributed by atoms with Gasteiger partial charge in [-0.15, -0.1) is 0 Å². The van der Waals surface area contributed by atoms with Crippen molar-refractivity contribution < 1.29 is 9.59 Å². The first-order chi connectivity index (χ1) is 9.47. The van der Waals surface area contributed by atoms with Gasteiger partial charge >= 0.3 is 0 Å². The van der Waals surface area contributed by atoms with Crippen LogP contribution in [0.4, 0.5) is 0 Å². The van der Waals surface area contributed by atoms with E-state index in [4.69, 9.17) is 11.6 Å². The standard InChI is InChI=1S/C14H18ClN3O2/c1-10-7-11(8-12(15)16-10)14(20)17(2)9-13(19)18-5-3-4-6-18/h7-8H,3-6,9H2,1-2H3. The van der Waals surface area contributed by atoms with E-state index in [1.54, 1.807) is 24.9 Å². The second-order valence-corrected chi connectivity index (χ2v) is 5.46. The highest BCUT2D eigenvalue weighted by molar-refractivity contribution is 6.29. The van der Waals surface area contributed by atoms with Gasteiger partial charge in [-0.3, -0.25) is 9.59 Å². The van der Waals surface area contributed by atoms with Crippen LogP contribution in [-0.4, -0.2) is 53.3 Å². The highest BCUT2D eigenvalue weighted by atomic mass is 35.5. The number of pyridine rings is 1. The third kappa shape index (κ3) is 3.48. The lowest BCUT2D eigenvalue weighted by Gasteiger charge is -2.21. The van der Waals surface area contributed by atoms with Crippen LogP contribution >= 0.6 is 11.6 Å². The van der Waals surface area contributed by atoms with Gasteiger partial charge in [0, 0.05) is 31.4 Å². The fraction of sp³-hybridized carbons (Fsp3) is 0.500. The van der Waals surface area contributed by atoms with Crippen LogP contribution in [0.3, 0.4) is 0 Å². The monoisotopic (exact) mass is 295 g/mol. The van der Waals surface area contributed by atoms with Crippen LogP contribution in [0, 0.1) is 6.92 Å². The summed E-state index contributed by atoms with van der Waals surface area (Å²) in [5.41, 5.74) is 1.14. The van der Waals surface area contributed by atoms with Gasteiger partial charge in [0.05, 0.1) is 6.54 Å². The lowest BCUT2D eigenvalue weighted by molar-refractivity contribution is -0.130. The van der Waals surface area contributed by atoms with Gasteiger partial charge in [0.15, 0.2) is 0 Å². The van der Waals surface area contributed by atoms with E-state index < -0.39 is 0 Å². The summed E-state index contributed by atoms with van der Waals surface area (Å²) >= 11 is 5.85. The molecule has 1 aromatic rings. The Balaban J connectivity index is 2.02. The molecule has 6 heteroatoms. The maximum Gasteiger partial charge on any atom is 0.254 e. The summed E-state index contributed by atoms with van der Waals surface area (Å²) in [5, 5.41) is 0.285. The Morgan fingerprint density at radius 3 is 2.60 bits per heavy atom. The fourth-order valence-electron chi connectivity index (χ4n) is 2.31. The minimum absolute atomic E-state index is 0.00442. The van der Waals surface area contributed by atoms with Crippen molar-refractivity contribution in [3.05, 3.63) is 28.5 Å². The van der Waals surface area contributed by atoms with Crippen LogP contribution in [-0.2, 0) is 4.79 Å². The molecule has 5 nitrogen and oxygen atoms in total. The molecule has 2 amide bonds. The zero-order valence-electron chi connectivity index (χ0n) is 11.7. The van der Waals surface area contributed by atoms with Crippen LogP contribution in [0.25, 0.3) is 0 Å². The molecule has 1 saturated heterocycles. The minimum Gasteiger partial charge on any atom is -0.341 e. The molecule has 1 aliphatic rings. The Kier molecular flexibility index (Phi) is 4.60. The minimum atomic E-state index is -0.218. The molecule has 108 valence electrons. The average Bonchev–Trinajstić information content (AvgIpc) is 2.90. The number of aromatic nitrogens is 1. The van der Waals surface area contributed by atoms with E-state index in [9.17, 15) is 9.59 Å². The Morgan fingerprint density at radius 1 is 1.35 bits per heavy atom. The first-order valence-corrected chi connectivity index (χ1v) is 7.02. The molecule has 0 spiro atoms. The SMILES string of the molecule is Cc1cc(C(=O)N(C)CC(=O)N2CCCC2)cc(Cl)n1. The van der Waals surface area contributed by atoms with Crippen LogP contribution in [0.2, 0.25) is 5.15 Å². The molecule has 20 heavy (non-hydrogen) atoms. The van der Waals surface area contributed by atoms with Crippen LogP contribution in [0.1, 0.15) is 28.9 Å². The fourth-order valence-corrected chi connectivity index (χ4v) is 2.56. The normalized spacial score (nSPS) is 14.4. The molecule has 1 aromatic heterocycles. The van der Waals surface area contributed by atoms with Crippen molar-refractivity contribution in [1.82, 2.24) is 14.8 Å². The molecule has 0 N–H and O–H groups in total. The summed E-state index contributed by atoms with van der Waals surface area (Å²) in [5.74, 6) is -0.222. The van der Waals surface area contributed by atoms with Gasteiger partial charge in [-0.05, 0) is 31.9 Å². The third-order valence-corrected chi connectivity index (χ3v) is 3.54. The van der Waals surface area contributed by atoms with Crippen molar-refractivity contribution >= 4 is 23.4 Å². The van der Waals surface area contributed by atoms with Crippen LogP contribution in [0.5, 0.6) is 0 Å². The molecule has 0 bridgehead atoms. The van der Waals surface area contributed by atoms with Crippen LogP contribution < -0.4 is 0 Å². The molecule has 2 rings (SSSR count).